The zero-order valence-electron chi connectivity index (χ0n) is 25.8. The van der Waals surface area contributed by atoms with Crippen LogP contribution in [-0.2, 0) is 24.4 Å². The maximum absolute atomic E-state index is 13.6. The Morgan fingerprint density at radius 3 is 2.09 bits per heavy atom. The molecule has 0 radical (unpaired) electrons. The topological polar surface area (TPSA) is 165 Å². The number of hydrogen-bond donors (Lipinski definition) is 3. The number of para-hydroxylation sites is 2. The standard InChI is InChI=1S/C33H33N5O8S/c1-23(39)35-25-10-18-29(19-11-25)47(42,43)38(26-12-16-27(44-2)17-13-26)21-32(40)37-34-20-24-8-14-28(15-9-24)46-22-33(41)36-30-6-4-5-7-31(30)45-3/h4-20H,21-22H2,1-3H3,(H,35,39)(H,36,41)(H,37,40)/b34-20-. The second-order valence-electron chi connectivity index (χ2n) is 9.81. The van der Waals surface area contributed by atoms with E-state index in [0.29, 0.717) is 34.2 Å². The Morgan fingerprint density at radius 1 is 0.787 bits per heavy atom. The van der Waals surface area contributed by atoms with Gasteiger partial charge in [-0.1, -0.05) is 12.1 Å². The lowest BCUT2D eigenvalue weighted by atomic mass is 10.2. The fourth-order valence-corrected chi connectivity index (χ4v) is 5.60. The van der Waals surface area contributed by atoms with Crippen LogP contribution < -0.4 is 34.6 Å². The van der Waals surface area contributed by atoms with Gasteiger partial charge >= 0.3 is 0 Å². The molecule has 0 aliphatic rings. The van der Waals surface area contributed by atoms with Gasteiger partial charge in [0.15, 0.2) is 6.61 Å². The van der Waals surface area contributed by atoms with E-state index in [1.54, 1.807) is 60.7 Å². The summed E-state index contributed by atoms with van der Waals surface area (Å²) in [6.07, 6.45) is 1.38. The molecule has 3 N–H and O–H groups in total. The molecule has 0 unspecified atom stereocenters. The Hall–Kier alpha value is -5.89. The summed E-state index contributed by atoms with van der Waals surface area (Å²) in [7, 11) is -1.22. The minimum atomic E-state index is -4.21. The highest BCUT2D eigenvalue weighted by molar-refractivity contribution is 7.92. The first-order chi connectivity index (χ1) is 22.6. The highest BCUT2D eigenvalue weighted by Gasteiger charge is 2.27. The third kappa shape index (κ3) is 9.55. The van der Waals surface area contributed by atoms with Crippen LogP contribution in [0.1, 0.15) is 12.5 Å². The highest BCUT2D eigenvalue weighted by atomic mass is 32.2. The Balaban J connectivity index is 1.37. The van der Waals surface area contributed by atoms with Crippen LogP contribution in [0.2, 0.25) is 0 Å². The molecule has 3 amide bonds. The number of carbonyl (C=O) groups is 3. The molecule has 0 saturated carbocycles. The van der Waals surface area contributed by atoms with Gasteiger partial charge in [-0.15, -0.1) is 0 Å². The average molecular weight is 660 g/mol. The predicted molar refractivity (Wildman–Crippen MR) is 178 cm³/mol. The number of nitrogens with one attached hydrogen (secondary N) is 3. The molecule has 0 aromatic heterocycles. The number of amides is 3. The molecule has 13 nitrogen and oxygen atoms in total. The number of carbonyl (C=O) groups excluding carboxylic acids is 3. The summed E-state index contributed by atoms with van der Waals surface area (Å²) in [4.78, 5) is 36.5. The molecule has 0 saturated heterocycles. The zero-order chi connectivity index (χ0) is 33.8. The van der Waals surface area contributed by atoms with E-state index in [1.807, 2.05) is 0 Å². The third-order valence-corrected chi connectivity index (χ3v) is 8.23. The molecule has 0 aliphatic carbocycles. The third-order valence-electron chi connectivity index (χ3n) is 6.44. The molecule has 4 aromatic carbocycles. The lowest BCUT2D eigenvalue weighted by Gasteiger charge is -2.24. The maximum Gasteiger partial charge on any atom is 0.264 e. The molecule has 4 rings (SSSR count). The summed E-state index contributed by atoms with van der Waals surface area (Å²) in [5.41, 5.74) is 4.14. The van der Waals surface area contributed by atoms with Gasteiger partial charge in [0, 0.05) is 12.6 Å². The lowest BCUT2D eigenvalue weighted by Crippen LogP contribution is -2.39. The molecule has 0 bridgehead atoms. The van der Waals surface area contributed by atoms with Gasteiger partial charge in [0.1, 0.15) is 23.8 Å². The molecule has 14 heteroatoms. The Kier molecular flexibility index (Phi) is 11.5. The molecule has 0 heterocycles. The molecular weight excluding hydrogens is 626 g/mol. The number of hydrazone groups is 1. The Bertz CT molecular complexity index is 1830. The van der Waals surface area contributed by atoms with Gasteiger partial charge in [-0.3, -0.25) is 18.7 Å². The van der Waals surface area contributed by atoms with E-state index < -0.39 is 22.5 Å². The monoisotopic (exact) mass is 659 g/mol. The van der Waals surface area contributed by atoms with Crippen LogP contribution in [-0.4, -0.2) is 59.7 Å². The van der Waals surface area contributed by atoms with Crippen LogP contribution in [0, 0.1) is 0 Å². The molecule has 4 aromatic rings. The van der Waals surface area contributed by atoms with Gasteiger partial charge in [0.2, 0.25) is 5.91 Å². The number of sulfonamides is 1. The molecule has 0 atom stereocenters. The predicted octanol–water partition coefficient (Wildman–Crippen LogP) is 4.03. The minimum Gasteiger partial charge on any atom is -0.497 e. The van der Waals surface area contributed by atoms with E-state index in [9.17, 15) is 22.8 Å². The summed E-state index contributed by atoms with van der Waals surface area (Å²) in [6, 6.07) is 25.4. The maximum atomic E-state index is 13.6. The molecular formula is C33H33N5O8S. The van der Waals surface area contributed by atoms with Crippen LogP contribution in [0.25, 0.3) is 0 Å². The van der Waals surface area contributed by atoms with E-state index in [-0.39, 0.29) is 29.0 Å². The summed E-state index contributed by atoms with van der Waals surface area (Å²) in [5.74, 6) is 0.111. The van der Waals surface area contributed by atoms with Crippen molar-refractivity contribution in [3.63, 3.8) is 0 Å². The first-order valence-corrected chi connectivity index (χ1v) is 15.5. The number of benzene rings is 4. The van der Waals surface area contributed by atoms with Crippen LogP contribution in [0.3, 0.4) is 0 Å². The first-order valence-electron chi connectivity index (χ1n) is 14.1. The number of rotatable bonds is 14. The van der Waals surface area contributed by atoms with Gasteiger partial charge < -0.3 is 24.8 Å². The second kappa shape index (κ2) is 15.9. The van der Waals surface area contributed by atoms with Crippen molar-refractivity contribution >= 4 is 51.0 Å². The smallest absolute Gasteiger partial charge is 0.264 e. The SMILES string of the molecule is COc1ccc(N(CC(=O)N/N=C\c2ccc(OCC(=O)Nc3ccccc3OC)cc2)S(=O)(=O)c2ccc(NC(C)=O)cc2)cc1. The molecule has 47 heavy (non-hydrogen) atoms. The van der Waals surface area contributed by atoms with Crippen molar-refractivity contribution in [1.29, 1.82) is 0 Å². The molecule has 0 fully saturated rings. The number of methoxy groups -OCH3 is 2. The van der Waals surface area contributed by atoms with E-state index >= 15 is 0 Å². The molecule has 0 spiro atoms. The van der Waals surface area contributed by atoms with E-state index in [0.717, 1.165) is 4.31 Å². The van der Waals surface area contributed by atoms with Gasteiger partial charge in [-0.25, -0.2) is 13.8 Å². The van der Waals surface area contributed by atoms with Crippen molar-refractivity contribution in [2.24, 2.45) is 5.10 Å². The van der Waals surface area contributed by atoms with Crippen molar-refractivity contribution in [3.05, 3.63) is 103 Å². The summed E-state index contributed by atoms with van der Waals surface area (Å²) >= 11 is 0. The second-order valence-corrected chi connectivity index (χ2v) is 11.7. The Labute approximate surface area is 272 Å². The van der Waals surface area contributed by atoms with Crippen LogP contribution in [0.4, 0.5) is 17.1 Å². The summed E-state index contributed by atoms with van der Waals surface area (Å²) in [6.45, 7) is 0.535. The number of nitrogens with zero attached hydrogens (tertiary/aromatic N) is 2. The summed E-state index contributed by atoms with van der Waals surface area (Å²) in [5, 5.41) is 9.26. The number of anilines is 3. The zero-order valence-corrected chi connectivity index (χ0v) is 26.6. The van der Waals surface area contributed by atoms with Crippen molar-refractivity contribution in [2.75, 3.05) is 42.3 Å². The van der Waals surface area contributed by atoms with E-state index in [2.05, 4.69) is 21.2 Å². The lowest BCUT2D eigenvalue weighted by molar-refractivity contribution is -0.119. The van der Waals surface area contributed by atoms with Gasteiger partial charge in [-0.05, 0) is 90.5 Å². The fraction of sp³-hybridized carbons (Fsp3) is 0.152. The van der Waals surface area contributed by atoms with Crippen LogP contribution in [0.5, 0.6) is 17.2 Å². The molecule has 0 aliphatic heterocycles. The largest absolute Gasteiger partial charge is 0.497 e. The quantitative estimate of drug-likeness (QED) is 0.135. The van der Waals surface area contributed by atoms with Gasteiger partial charge in [-0.2, -0.15) is 5.10 Å². The average Bonchev–Trinajstić information content (AvgIpc) is 3.07. The van der Waals surface area contributed by atoms with E-state index in [1.165, 1.54) is 63.8 Å². The minimum absolute atomic E-state index is 0.0849. The van der Waals surface area contributed by atoms with Gasteiger partial charge in [0.05, 0.1) is 36.7 Å². The fourth-order valence-electron chi connectivity index (χ4n) is 4.18. The first kappa shape index (κ1) is 34.0. The van der Waals surface area contributed by atoms with Gasteiger partial charge in [0.25, 0.3) is 21.8 Å². The van der Waals surface area contributed by atoms with Crippen molar-refractivity contribution < 1.29 is 37.0 Å². The molecule has 244 valence electrons. The number of ether oxygens (including phenoxy) is 3. The number of hydrogen-bond acceptors (Lipinski definition) is 9. The normalized spacial score (nSPS) is 11.0. The Morgan fingerprint density at radius 2 is 1.45 bits per heavy atom. The highest BCUT2D eigenvalue weighted by Crippen LogP contribution is 2.27. The van der Waals surface area contributed by atoms with Crippen molar-refractivity contribution in [1.82, 2.24) is 5.43 Å². The van der Waals surface area contributed by atoms with Crippen molar-refractivity contribution in [2.45, 2.75) is 11.8 Å². The van der Waals surface area contributed by atoms with Crippen LogP contribution >= 0.6 is 0 Å². The van der Waals surface area contributed by atoms with Crippen molar-refractivity contribution in [3.8, 4) is 17.2 Å². The summed E-state index contributed by atoms with van der Waals surface area (Å²) < 4.78 is 44.2. The van der Waals surface area contributed by atoms with Crippen LogP contribution in [0.15, 0.2) is 107 Å². The van der Waals surface area contributed by atoms with E-state index in [4.69, 9.17) is 14.2 Å².